The van der Waals surface area contributed by atoms with Crippen LogP contribution in [0.25, 0.3) is 0 Å². The van der Waals surface area contributed by atoms with E-state index in [0.717, 1.165) is 0 Å². The zero-order chi connectivity index (χ0) is 27.8. The van der Waals surface area contributed by atoms with Crippen LogP contribution in [0, 0.1) is 5.92 Å². The Kier molecular flexibility index (Phi) is 11.1. The molecule has 0 spiro atoms. The maximum absolute atomic E-state index is 14.3. The summed E-state index contributed by atoms with van der Waals surface area (Å²) in [4.78, 5) is 61.6. The molecule has 1 aliphatic rings. The average Bonchev–Trinajstić information content (AvgIpc) is 3.10. The molecule has 4 atom stereocenters. The van der Waals surface area contributed by atoms with Crippen molar-refractivity contribution >= 4 is 30.0 Å². The van der Waals surface area contributed by atoms with Gasteiger partial charge < -0.3 is 31.2 Å². The lowest BCUT2D eigenvalue weighted by molar-refractivity contribution is -0.143. The van der Waals surface area contributed by atoms with Crippen molar-refractivity contribution in [3.05, 3.63) is 36.0 Å². The van der Waals surface area contributed by atoms with Crippen LogP contribution in [0.3, 0.4) is 0 Å². The highest BCUT2D eigenvalue weighted by atomic mass is 19.3. The Morgan fingerprint density at radius 2 is 1.83 bits per heavy atom. The van der Waals surface area contributed by atoms with Gasteiger partial charge in [0.1, 0.15) is 18.4 Å². The van der Waals surface area contributed by atoms with Gasteiger partial charge in [-0.2, -0.15) is 0 Å². The Bertz CT molecular complexity index is 945. The number of allylic oxidation sites excluding steroid dienone is 2. The number of aliphatic carboxylic acids is 1. The van der Waals surface area contributed by atoms with Crippen LogP contribution in [0.2, 0.25) is 0 Å². The molecule has 3 unspecified atom stereocenters. The van der Waals surface area contributed by atoms with E-state index in [1.54, 1.807) is 27.7 Å². The normalized spacial score (nSPS) is 20.3. The summed E-state index contributed by atoms with van der Waals surface area (Å²) in [5, 5.41) is 13.5. The highest BCUT2D eigenvalue weighted by molar-refractivity contribution is 6.00. The smallest absolute Gasteiger partial charge is 0.305 e. The first-order chi connectivity index (χ1) is 16.6. The minimum absolute atomic E-state index is 0.141. The van der Waals surface area contributed by atoms with Gasteiger partial charge in [-0.3, -0.25) is 19.2 Å². The molecule has 1 rings (SSSR count). The summed E-state index contributed by atoms with van der Waals surface area (Å²) >= 11 is 0. The number of halogens is 2. The Hall–Kier alpha value is -3.41. The highest BCUT2D eigenvalue weighted by Crippen LogP contribution is 2.33. The van der Waals surface area contributed by atoms with E-state index < -0.39 is 73.0 Å². The maximum Gasteiger partial charge on any atom is 0.305 e. The number of rotatable bonds is 12. The summed E-state index contributed by atoms with van der Waals surface area (Å²) in [5.41, 5.74) is 6.64. The molecule has 36 heavy (non-hydrogen) atoms. The van der Waals surface area contributed by atoms with Crippen LogP contribution in [-0.2, 0) is 24.0 Å². The van der Waals surface area contributed by atoms with Crippen LogP contribution in [-0.4, -0.2) is 76.6 Å². The lowest BCUT2D eigenvalue weighted by atomic mass is 10.0. The first kappa shape index (κ1) is 30.6. The van der Waals surface area contributed by atoms with Gasteiger partial charge in [0.15, 0.2) is 0 Å². The van der Waals surface area contributed by atoms with E-state index in [-0.39, 0.29) is 17.9 Å². The lowest BCUT2D eigenvalue weighted by Gasteiger charge is -2.30. The van der Waals surface area contributed by atoms with Gasteiger partial charge in [0.2, 0.25) is 11.8 Å². The molecule has 0 bridgehead atoms. The second kappa shape index (κ2) is 13.1. The van der Waals surface area contributed by atoms with E-state index in [1.165, 1.54) is 18.2 Å². The number of alkyl halides is 2. The number of carboxylic acid groups (broad SMARTS) is 1. The van der Waals surface area contributed by atoms with Crippen molar-refractivity contribution in [2.45, 2.75) is 70.6 Å². The standard InChI is InChI=1S/C24H34F2N4O6/c1-6-7-16(8-14(4)15(5)27)21(34)29-20(13(2)3)23(36)30-12-24(25,26)10-18(30)22(35)28-17(11-31)9-19(32)33/h6-8,11,13,15,17-18,20H,1,9-10,12,27H2,2-5H3,(H,28,35)(H,29,34)(H,32,33)/b14-8-,16-7+/t15?,17-,18?,20?/m0/s1. The van der Waals surface area contributed by atoms with Crippen molar-refractivity contribution in [2.75, 3.05) is 6.54 Å². The number of likely N-dealkylation sites (tertiary alicyclic amines) is 1. The summed E-state index contributed by atoms with van der Waals surface area (Å²) in [7, 11) is 0. The topological polar surface area (TPSA) is 159 Å². The number of nitrogens with one attached hydrogen (secondary N) is 2. The quantitative estimate of drug-likeness (QED) is 0.172. The molecule has 1 saturated heterocycles. The van der Waals surface area contributed by atoms with Crippen LogP contribution < -0.4 is 16.4 Å². The van der Waals surface area contributed by atoms with Crippen molar-refractivity contribution in [3.63, 3.8) is 0 Å². The van der Waals surface area contributed by atoms with Gasteiger partial charge in [0.25, 0.3) is 11.8 Å². The first-order valence-corrected chi connectivity index (χ1v) is 11.4. The third-order valence-corrected chi connectivity index (χ3v) is 5.62. The second-order valence-electron chi connectivity index (χ2n) is 9.12. The van der Waals surface area contributed by atoms with Gasteiger partial charge in [-0.1, -0.05) is 38.2 Å². The number of carbonyl (C=O) groups is 5. The van der Waals surface area contributed by atoms with E-state index in [1.807, 2.05) is 0 Å². The number of aldehydes is 1. The molecule has 0 saturated carbocycles. The molecule has 0 aromatic carbocycles. The van der Waals surface area contributed by atoms with Gasteiger partial charge >= 0.3 is 5.97 Å². The third kappa shape index (κ3) is 8.67. The minimum atomic E-state index is -3.41. The van der Waals surface area contributed by atoms with Crippen LogP contribution in [0.5, 0.6) is 0 Å². The summed E-state index contributed by atoms with van der Waals surface area (Å²) < 4.78 is 28.6. The second-order valence-corrected chi connectivity index (χ2v) is 9.12. The fourth-order valence-corrected chi connectivity index (χ4v) is 3.49. The number of hydrogen-bond acceptors (Lipinski definition) is 6. The molecule has 0 aliphatic carbocycles. The molecular formula is C24H34F2N4O6. The summed E-state index contributed by atoms with van der Waals surface area (Å²) in [6.45, 7) is 9.12. The molecule has 12 heteroatoms. The van der Waals surface area contributed by atoms with Crippen molar-refractivity contribution in [3.8, 4) is 0 Å². The van der Waals surface area contributed by atoms with Crippen molar-refractivity contribution in [2.24, 2.45) is 11.7 Å². The van der Waals surface area contributed by atoms with Crippen molar-refractivity contribution < 1.29 is 37.9 Å². The Morgan fingerprint density at radius 3 is 2.31 bits per heavy atom. The molecule has 0 aromatic rings. The molecule has 3 amide bonds. The SMILES string of the molecule is C=C/C=C(\C=C(\C)C(C)N)C(=O)NC(C(=O)N1CC(F)(F)CC1C(=O)N[C@H](C=O)CC(=O)O)C(C)C. The maximum atomic E-state index is 14.3. The number of amides is 3. The van der Waals surface area contributed by atoms with E-state index in [4.69, 9.17) is 10.8 Å². The fourth-order valence-electron chi connectivity index (χ4n) is 3.49. The lowest BCUT2D eigenvalue weighted by Crippen LogP contribution is -2.56. The van der Waals surface area contributed by atoms with Gasteiger partial charge in [-0.25, -0.2) is 8.78 Å². The summed E-state index contributed by atoms with van der Waals surface area (Å²) in [6.07, 6.45) is 2.71. The van der Waals surface area contributed by atoms with Crippen molar-refractivity contribution in [1.29, 1.82) is 0 Å². The van der Waals surface area contributed by atoms with Gasteiger partial charge in [0.05, 0.1) is 19.0 Å². The molecule has 1 heterocycles. The number of carboxylic acids is 1. The molecular weight excluding hydrogens is 478 g/mol. The predicted octanol–water partition coefficient (Wildman–Crippen LogP) is 0.928. The number of nitrogens with two attached hydrogens (primary N) is 1. The molecule has 1 fully saturated rings. The van der Waals surface area contributed by atoms with Crippen molar-refractivity contribution in [1.82, 2.24) is 15.5 Å². The van der Waals surface area contributed by atoms with E-state index in [0.29, 0.717) is 10.5 Å². The number of hydrogen-bond donors (Lipinski definition) is 4. The van der Waals surface area contributed by atoms with Crippen LogP contribution in [0.15, 0.2) is 36.0 Å². The Morgan fingerprint density at radius 1 is 1.22 bits per heavy atom. The van der Waals surface area contributed by atoms with Crippen LogP contribution in [0.4, 0.5) is 8.78 Å². The largest absolute Gasteiger partial charge is 0.481 e. The monoisotopic (exact) mass is 512 g/mol. The van der Waals surface area contributed by atoms with Gasteiger partial charge in [-0.05, 0) is 25.8 Å². The highest BCUT2D eigenvalue weighted by Gasteiger charge is 2.51. The molecule has 0 radical (unpaired) electrons. The zero-order valence-electron chi connectivity index (χ0n) is 20.8. The first-order valence-electron chi connectivity index (χ1n) is 11.4. The van der Waals surface area contributed by atoms with E-state index in [9.17, 15) is 32.8 Å². The minimum Gasteiger partial charge on any atom is -0.481 e. The number of nitrogens with zero attached hydrogens (tertiary/aromatic N) is 1. The van der Waals surface area contributed by atoms with Crippen LogP contribution >= 0.6 is 0 Å². The summed E-state index contributed by atoms with van der Waals surface area (Å²) in [5.74, 6) is -8.00. The average molecular weight is 513 g/mol. The number of carbonyl (C=O) groups excluding carboxylic acids is 4. The van der Waals surface area contributed by atoms with Crippen LogP contribution in [0.1, 0.15) is 40.5 Å². The molecule has 5 N–H and O–H groups in total. The predicted molar refractivity (Wildman–Crippen MR) is 128 cm³/mol. The molecule has 200 valence electrons. The summed E-state index contributed by atoms with van der Waals surface area (Å²) in [6, 6.07) is -4.73. The fraction of sp³-hybridized carbons (Fsp3) is 0.542. The zero-order valence-corrected chi connectivity index (χ0v) is 20.8. The van der Waals surface area contributed by atoms with E-state index in [2.05, 4.69) is 17.2 Å². The van der Waals surface area contributed by atoms with E-state index >= 15 is 0 Å². The molecule has 0 aromatic heterocycles. The van der Waals surface area contributed by atoms with Gasteiger partial charge in [0, 0.05) is 18.0 Å². The van der Waals surface area contributed by atoms with Gasteiger partial charge in [-0.15, -0.1) is 0 Å². The molecule has 10 nitrogen and oxygen atoms in total. The Balaban J connectivity index is 3.22. The Labute approximate surface area is 208 Å². The third-order valence-electron chi connectivity index (χ3n) is 5.62. The molecule has 1 aliphatic heterocycles.